The Morgan fingerprint density at radius 2 is 2.08 bits per heavy atom. The third kappa shape index (κ3) is 6.14. The second-order valence-electron chi connectivity index (χ2n) is 11.2. The van der Waals surface area contributed by atoms with E-state index in [0.29, 0.717) is 45.5 Å². The molecular weight excluding hydrogens is 508 g/mol. The predicted molar refractivity (Wildman–Crippen MR) is 151 cm³/mol. The molecule has 214 valence electrons. The van der Waals surface area contributed by atoms with Crippen molar-refractivity contribution in [1.82, 2.24) is 14.8 Å². The van der Waals surface area contributed by atoms with Crippen LogP contribution in [0.3, 0.4) is 0 Å². The predicted octanol–water partition coefficient (Wildman–Crippen LogP) is 3.72. The Hall–Kier alpha value is -3.46. The first-order valence-corrected chi connectivity index (χ1v) is 14.7. The lowest BCUT2D eigenvalue weighted by Crippen LogP contribution is -2.44. The fraction of sp³-hybridized carbons (Fsp3) is 0.548. The van der Waals surface area contributed by atoms with Crippen molar-refractivity contribution in [2.24, 2.45) is 5.92 Å². The van der Waals surface area contributed by atoms with Gasteiger partial charge < -0.3 is 19.6 Å². The molecule has 5 rings (SSSR count). The molecule has 40 heavy (non-hydrogen) atoms. The van der Waals surface area contributed by atoms with Gasteiger partial charge in [0.2, 0.25) is 11.8 Å². The Morgan fingerprint density at radius 1 is 1.20 bits per heavy atom. The van der Waals surface area contributed by atoms with Crippen LogP contribution < -0.4 is 9.64 Å². The summed E-state index contributed by atoms with van der Waals surface area (Å²) in [5, 5.41) is 10.5. The van der Waals surface area contributed by atoms with Gasteiger partial charge in [0.15, 0.2) is 0 Å². The summed E-state index contributed by atoms with van der Waals surface area (Å²) >= 11 is 0. The van der Waals surface area contributed by atoms with Gasteiger partial charge in [-0.25, -0.2) is 0 Å². The van der Waals surface area contributed by atoms with Crippen molar-refractivity contribution in [1.29, 1.82) is 0 Å². The van der Waals surface area contributed by atoms with Crippen molar-refractivity contribution in [3.05, 3.63) is 53.9 Å². The third-order valence-corrected chi connectivity index (χ3v) is 8.61. The number of rotatable bonds is 12. The SMILES string of the molecule is CCCCN(C(=O)CN1C[C@H](c2ccc3c(c2)CCO3)C(C(=O)O)[C@@H]1CCCN1CCCC1=O)c1cccnc1. The fourth-order valence-corrected chi connectivity index (χ4v) is 6.55. The van der Waals surface area contributed by atoms with E-state index in [1.165, 1.54) is 0 Å². The summed E-state index contributed by atoms with van der Waals surface area (Å²) in [6.07, 6.45) is 8.83. The van der Waals surface area contributed by atoms with E-state index in [9.17, 15) is 19.5 Å². The van der Waals surface area contributed by atoms with Gasteiger partial charge in [-0.2, -0.15) is 0 Å². The first-order valence-electron chi connectivity index (χ1n) is 14.7. The number of pyridine rings is 1. The van der Waals surface area contributed by atoms with Crippen LogP contribution in [-0.4, -0.2) is 83.0 Å². The van der Waals surface area contributed by atoms with Crippen LogP contribution in [0.25, 0.3) is 0 Å². The highest BCUT2D eigenvalue weighted by Gasteiger charge is 2.47. The normalized spacial score (nSPS) is 22.4. The van der Waals surface area contributed by atoms with E-state index in [0.717, 1.165) is 54.8 Å². The number of ether oxygens (including phenoxy) is 1. The zero-order chi connectivity index (χ0) is 28.1. The average molecular weight is 549 g/mol. The lowest BCUT2D eigenvalue weighted by molar-refractivity contribution is -0.143. The molecule has 1 N–H and O–H groups in total. The fourth-order valence-electron chi connectivity index (χ4n) is 6.55. The maximum atomic E-state index is 13.8. The second-order valence-corrected chi connectivity index (χ2v) is 11.2. The van der Waals surface area contributed by atoms with Crippen LogP contribution in [0.1, 0.15) is 62.5 Å². The highest BCUT2D eigenvalue weighted by atomic mass is 16.5. The van der Waals surface area contributed by atoms with Gasteiger partial charge in [-0.1, -0.05) is 25.5 Å². The average Bonchev–Trinajstić information content (AvgIpc) is 3.68. The standard InChI is InChI=1S/C31H40N4O5/c1-2-3-16-35(24-7-4-13-32-19-24)29(37)21-34-20-25(22-10-11-27-23(18-22)12-17-40-27)30(31(38)39)26(34)8-5-14-33-15-6-9-28(33)36/h4,7,10-11,13,18-19,25-26,30H,2-3,5-6,8-9,12,14-17,20-21H2,1H3,(H,38,39)/t25-,26+,30?/m1/s1. The summed E-state index contributed by atoms with van der Waals surface area (Å²) in [5.41, 5.74) is 2.86. The number of carboxylic acid groups (broad SMARTS) is 1. The molecule has 4 heterocycles. The van der Waals surface area contributed by atoms with Crippen molar-refractivity contribution < 1.29 is 24.2 Å². The molecule has 0 radical (unpaired) electrons. The van der Waals surface area contributed by atoms with E-state index >= 15 is 0 Å². The number of carbonyl (C=O) groups is 3. The topological polar surface area (TPSA) is 103 Å². The van der Waals surface area contributed by atoms with Crippen LogP contribution in [0, 0.1) is 5.92 Å². The Morgan fingerprint density at radius 3 is 2.80 bits per heavy atom. The highest BCUT2D eigenvalue weighted by Crippen LogP contribution is 2.41. The largest absolute Gasteiger partial charge is 0.493 e. The molecule has 9 nitrogen and oxygen atoms in total. The van der Waals surface area contributed by atoms with Gasteiger partial charge >= 0.3 is 5.97 Å². The zero-order valence-corrected chi connectivity index (χ0v) is 23.3. The van der Waals surface area contributed by atoms with Gasteiger partial charge in [-0.3, -0.25) is 24.3 Å². The molecule has 2 aromatic rings. The number of carbonyl (C=O) groups excluding carboxylic acids is 2. The molecule has 2 saturated heterocycles. The van der Waals surface area contributed by atoms with Gasteiger partial charge in [0, 0.05) is 57.2 Å². The van der Waals surface area contributed by atoms with E-state index in [-0.39, 0.29) is 30.3 Å². The Bertz CT molecular complexity index is 1210. The van der Waals surface area contributed by atoms with Crippen molar-refractivity contribution in [3.8, 4) is 5.75 Å². The summed E-state index contributed by atoms with van der Waals surface area (Å²) in [6.45, 7) is 5.36. The van der Waals surface area contributed by atoms with Gasteiger partial charge in [-0.05, 0) is 55.0 Å². The van der Waals surface area contributed by atoms with Crippen molar-refractivity contribution in [2.45, 2.75) is 63.8 Å². The highest BCUT2D eigenvalue weighted by molar-refractivity contribution is 5.94. The molecule has 0 spiro atoms. The molecule has 0 bridgehead atoms. The number of amides is 2. The summed E-state index contributed by atoms with van der Waals surface area (Å²) < 4.78 is 5.68. The number of unbranched alkanes of at least 4 members (excludes halogenated alkanes) is 1. The molecule has 0 saturated carbocycles. The number of aromatic nitrogens is 1. The summed E-state index contributed by atoms with van der Waals surface area (Å²) in [7, 11) is 0. The van der Waals surface area contributed by atoms with Gasteiger partial charge in [0.1, 0.15) is 5.75 Å². The van der Waals surface area contributed by atoms with Crippen LogP contribution in [0.2, 0.25) is 0 Å². The second kappa shape index (κ2) is 12.8. The smallest absolute Gasteiger partial charge is 0.308 e. The number of hydrogen-bond donors (Lipinski definition) is 1. The lowest BCUT2D eigenvalue weighted by Gasteiger charge is -2.30. The number of hydrogen-bond acceptors (Lipinski definition) is 6. The quantitative estimate of drug-likeness (QED) is 0.431. The molecule has 0 aliphatic carbocycles. The van der Waals surface area contributed by atoms with Crippen LogP contribution >= 0.6 is 0 Å². The number of carboxylic acids is 1. The van der Waals surface area contributed by atoms with E-state index < -0.39 is 11.9 Å². The minimum Gasteiger partial charge on any atom is -0.493 e. The summed E-state index contributed by atoms with van der Waals surface area (Å²) in [4.78, 5) is 48.7. The Kier molecular flexibility index (Phi) is 8.99. The van der Waals surface area contributed by atoms with E-state index in [1.807, 2.05) is 29.2 Å². The molecule has 3 atom stereocenters. The molecule has 1 unspecified atom stereocenters. The van der Waals surface area contributed by atoms with Gasteiger partial charge in [0.05, 0.1) is 31.0 Å². The zero-order valence-electron chi connectivity index (χ0n) is 23.3. The van der Waals surface area contributed by atoms with E-state index in [1.54, 1.807) is 17.3 Å². The minimum absolute atomic E-state index is 0.0479. The summed E-state index contributed by atoms with van der Waals surface area (Å²) in [6, 6.07) is 9.44. The number of nitrogens with zero attached hydrogens (tertiary/aromatic N) is 4. The number of anilines is 1. The first kappa shape index (κ1) is 28.1. The number of aliphatic carboxylic acids is 1. The molecule has 3 aliphatic heterocycles. The maximum Gasteiger partial charge on any atom is 0.308 e. The Balaban J connectivity index is 1.39. The van der Waals surface area contributed by atoms with Crippen molar-refractivity contribution in [2.75, 3.05) is 44.2 Å². The molecular formula is C31H40N4O5. The number of benzene rings is 1. The van der Waals surface area contributed by atoms with Crippen LogP contribution in [0.5, 0.6) is 5.75 Å². The molecule has 9 heteroatoms. The van der Waals surface area contributed by atoms with Crippen LogP contribution in [0.4, 0.5) is 5.69 Å². The van der Waals surface area contributed by atoms with E-state index in [2.05, 4.69) is 22.9 Å². The molecule has 2 fully saturated rings. The summed E-state index contributed by atoms with van der Waals surface area (Å²) in [5.74, 6) is -0.727. The third-order valence-electron chi connectivity index (χ3n) is 8.61. The number of fused-ring (bicyclic) bond motifs is 1. The number of likely N-dealkylation sites (tertiary alicyclic amines) is 2. The lowest BCUT2D eigenvalue weighted by atomic mass is 9.83. The van der Waals surface area contributed by atoms with E-state index in [4.69, 9.17) is 4.74 Å². The molecule has 1 aromatic carbocycles. The van der Waals surface area contributed by atoms with Crippen LogP contribution in [0.15, 0.2) is 42.7 Å². The minimum atomic E-state index is -0.839. The Labute approximate surface area is 236 Å². The van der Waals surface area contributed by atoms with Crippen molar-refractivity contribution in [3.63, 3.8) is 0 Å². The van der Waals surface area contributed by atoms with Crippen LogP contribution in [-0.2, 0) is 20.8 Å². The van der Waals surface area contributed by atoms with Gasteiger partial charge in [-0.15, -0.1) is 0 Å². The molecule has 3 aliphatic rings. The maximum absolute atomic E-state index is 13.8. The molecule has 1 aromatic heterocycles. The van der Waals surface area contributed by atoms with Crippen molar-refractivity contribution >= 4 is 23.5 Å². The monoisotopic (exact) mass is 548 g/mol. The molecule has 2 amide bonds. The van der Waals surface area contributed by atoms with Gasteiger partial charge in [0.25, 0.3) is 0 Å². The first-order chi connectivity index (χ1) is 19.5.